The highest BCUT2D eigenvalue weighted by molar-refractivity contribution is 9.10. The molecule has 1 fully saturated rings. The van der Waals surface area contributed by atoms with Crippen LogP contribution in [-0.4, -0.2) is 12.5 Å². The van der Waals surface area contributed by atoms with Gasteiger partial charge in [-0.15, -0.1) is 0 Å². The zero-order valence-electron chi connectivity index (χ0n) is 10.1. The Hall–Kier alpha value is -0.830. The van der Waals surface area contributed by atoms with Gasteiger partial charge in [0.25, 0.3) is 5.91 Å². The molecule has 0 radical (unpaired) electrons. The highest BCUT2D eigenvalue weighted by Gasteiger charge is 2.21. The van der Waals surface area contributed by atoms with E-state index in [1.807, 2.05) is 24.3 Å². The average Bonchev–Trinajstić information content (AvgIpc) is 2.72. The number of rotatable bonds is 3. The summed E-state index contributed by atoms with van der Waals surface area (Å²) in [6.07, 6.45) is 3.80. The number of nitrogens with one attached hydrogen (secondary N) is 1. The molecule has 0 spiro atoms. The van der Waals surface area contributed by atoms with E-state index in [4.69, 9.17) is 0 Å². The molecule has 92 valence electrons. The predicted molar refractivity (Wildman–Crippen MR) is 73.0 cm³/mol. The van der Waals surface area contributed by atoms with Crippen LogP contribution in [0, 0.1) is 11.8 Å². The third-order valence-corrected chi connectivity index (χ3v) is 3.93. The van der Waals surface area contributed by atoms with Crippen LogP contribution in [0.4, 0.5) is 0 Å². The molecule has 3 heteroatoms. The van der Waals surface area contributed by atoms with Gasteiger partial charge in [0.15, 0.2) is 0 Å². The van der Waals surface area contributed by atoms with E-state index in [9.17, 15) is 4.79 Å². The molecule has 2 atom stereocenters. The summed E-state index contributed by atoms with van der Waals surface area (Å²) in [6.45, 7) is 3.10. The largest absolute Gasteiger partial charge is 0.352 e. The van der Waals surface area contributed by atoms with E-state index in [2.05, 4.69) is 28.2 Å². The van der Waals surface area contributed by atoms with Gasteiger partial charge in [0, 0.05) is 16.6 Å². The van der Waals surface area contributed by atoms with Crippen molar-refractivity contribution in [1.82, 2.24) is 5.32 Å². The molecule has 1 N–H and O–H groups in total. The van der Waals surface area contributed by atoms with Gasteiger partial charge >= 0.3 is 0 Å². The van der Waals surface area contributed by atoms with Crippen LogP contribution in [0.25, 0.3) is 0 Å². The van der Waals surface area contributed by atoms with Crippen LogP contribution in [0.2, 0.25) is 0 Å². The summed E-state index contributed by atoms with van der Waals surface area (Å²) >= 11 is 3.38. The standard InChI is InChI=1S/C14H18BrNO/c1-10-5-6-11(7-10)9-16-14(17)12-3-2-4-13(15)8-12/h2-4,8,10-11H,5-7,9H2,1H3,(H,16,17). The zero-order valence-corrected chi connectivity index (χ0v) is 11.7. The fourth-order valence-corrected chi connectivity index (χ4v) is 2.88. The molecule has 1 aromatic carbocycles. The molecule has 0 aromatic heterocycles. The van der Waals surface area contributed by atoms with E-state index in [0.29, 0.717) is 5.92 Å². The lowest BCUT2D eigenvalue weighted by atomic mass is 10.1. The molecule has 2 nitrogen and oxygen atoms in total. The molecule has 1 aliphatic carbocycles. The molecule has 1 aromatic rings. The maximum absolute atomic E-state index is 11.9. The van der Waals surface area contributed by atoms with Gasteiger partial charge in [0.2, 0.25) is 0 Å². The average molecular weight is 296 g/mol. The second kappa shape index (κ2) is 5.67. The molecule has 1 saturated carbocycles. The van der Waals surface area contributed by atoms with Crippen molar-refractivity contribution in [2.75, 3.05) is 6.54 Å². The van der Waals surface area contributed by atoms with Gasteiger partial charge in [-0.05, 0) is 42.9 Å². The number of hydrogen-bond donors (Lipinski definition) is 1. The Morgan fingerprint density at radius 3 is 2.94 bits per heavy atom. The topological polar surface area (TPSA) is 29.1 Å². The number of carbonyl (C=O) groups is 1. The smallest absolute Gasteiger partial charge is 0.251 e. The molecular weight excluding hydrogens is 278 g/mol. The van der Waals surface area contributed by atoms with Crippen molar-refractivity contribution in [3.8, 4) is 0 Å². The van der Waals surface area contributed by atoms with Crippen molar-refractivity contribution < 1.29 is 4.79 Å². The van der Waals surface area contributed by atoms with Crippen LogP contribution >= 0.6 is 15.9 Å². The molecule has 2 unspecified atom stereocenters. The van der Waals surface area contributed by atoms with Gasteiger partial charge in [-0.1, -0.05) is 35.3 Å². The summed E-state index contributed by atoms with van der Waals surface area (Å²) in [4.78, 5) is 11.9. The van der Waals surface area contributed by atoms with Crippen LogP contribution in [0.1, 0.15) is 36.5 Å². The van der Waals surface area contributed by atoms with Crippen molar-refractivity contribution >= 4 is 21.8 Å². The fraction of sp³-hybridized carbons (Fsp3) is 0.500. The van der Waals surface area contributed by atoms with Gasteiger partial charge < -0.3 is 5.32 Å². The first-order chi connectivity index (χ1) is 8.15. The Kier molecular flexibility index (Phi) is 4.21. The van der Waals surface area contributed by atoms with Gasteiger partial charge in [-0.3, -0.25) is 4.79 Å². The van der Waals surface area contributed by atoms with Gasteiger partial charge in [-0.25, -0.2) is 0 Å². The van der Waals surface area contributed by atoms with Crippen molar-refractivity contribution in [2.45, 2.75) is 26.2 Å². The van der Waals surface area contributed by atoms with Crippen molar-refractivity contribution in [1.29, 1.82) is 0 Å². The third-order valence-electron chi connectivity index (χ3n) is 3.44. The molecule has 0 bridgehead atoms. The molecule has 1 aliphatic rings. The predicted octanol–water partition coefficient (Wildman–Crippen LogP) is 3.62. The number of carbonyl (C=O) groups excluding carboxylic acids is 1. The normalized spacial score (nSPS) is 23.6. The Bertz CT molecular complexity index is 405. The summed E-state index contributed by atoms with van der Waals surface area (Å²) < 4.78 is 0.944. The monoisotopic (exact) mass is 295 g/mol. The van der Waals surface area contributed by atoms with Crippen molar-refractivity contribution in [3.63, 3.8) is 0 Å². The van der Waals surface area contributed by atoms with E-state index in [1.165, 1.54) is 19.3 Å². The second-order valence-corrected chi connectivity index (χ2v) is 5.92. The summed E-state index contributed by atoms with van der Waals surface area (Å²) in [5.74, 6) is 1.52. The van der Waals surface area contributed by atoms with Gasteiger partial charge in [0.1, 0.15) is 0 Å². The lowest BCUT2D eigenvalue weighted by molar-refractivity contribution is 0.0947. The first-order valence-electron chi connectivity index (χ1n) is 6.19. The molecule has 17 heavy (non-hydrogen) atoms. The molecular formula is C14H18BrNO. The molecule has 0 heterocycles. The minimum Gasteiger partial charge on any atom is -0.352 e. The van der Waals surface area contributed by atoms with Crippen LogP contribution in [0.5, 0.6) is 0 Å². The number of amides is 1. The summed E-state index contributed by atoms with van der Waals surface area (Å²) in [7, 11) is 0. The van der Waals surface area contributed by atoms with Crippen LogP contribution in [0.3, 0.4) is 0 Å². The third kappa shape index (κ3) is 3.56. The first kappa shape index (κ1) is 12.6. The lowest BCUT2D eigenvalue weighted by Gasteiger charge is -2.11. The van der Waals surface area contributed by atoms with E-state index in [-0.39, 0.29) is 5.91 Å². The number of halogens is 1. The number of hydrogen-bond acceptors (Lipinski definition) is 1. The van der Waals surface area contributed by atoms with Crippen LogP contribution in [0.15, 0.2) is 28.7 Å². The highest BCUT2D eigenvalue weighted by atomic mass is 79.9. The maximum atomic E-state index is 11.9. The summed E-state index contributed by atoms with van der Waals surface area (Å²) in [5, 5.41) is 3.03. The van der Waals surface area contributed by atoms with Gasteiger partial charge in [-0.2, -0.15) is 0 Å². The van der Waals surface area contributed by atoms with E-state index in [1.54, 1.807) is 0 Å². The van der Waals surface area contributed by atoms with E-state index >= 15 is 0 Å². The molecule has 0 saturated heterocycles. The van der Waals surface area contributed by atoms with Crippen molar-refractivity contribution in [3.05, 3.63) is 34.3 Å². The lowest BCUT2D eigenvalue weighted by Crippen LogP contribution is -2.28. The van der Waals surface area contributed by atoms with Crippen LogP contribution in [-0.2, 0) is 0 Å². The van der Waals surface area contributed by atoms with Crippen LogP contribution < -0.4 is 5.32 Å². The SMILES string of the molecule is CC1CCC(CNC(=O)c2cccc(Br)c2)C1. The Morgan fingerprint density at radius 2 is 2.29 bits per heavy atom. The second-order valence-electron chi connectivity index (χ2n) is 5.00. The fourth-order valence-electron chi connectivity index (χ4n) is 2.48. The summed E-state index contributed by atoms with van der Waals surface area (Å²) in [5.41, 5.74) is 0.727. The molecule has 1 amide bonds. The first-order valence-corrected chi connectivity index (χ1v) is 6.98. The Labute approximate surface area is 111 Å². The van der Waals surface area contributed by atoms with Gasteiger partial charge in [0.05, 0.1) is 0 Å². The minimum absolute atomic E-state index is 0.0332. The summed E-state index contributed by atoms with van der Waals surface area (Å²) in [6, 6.07) is 7.51. The highest BCUT2D eigenvalue weighted by Crippen LogP contribution is 2.29. The molecule has 2 rings (SSSR count). The zero-order chi connectivity index (χ0) is 12.3. The van der Waals surface area contributed by atoms with E-state index < -0.39 is 0 Å². The minimum atomic E-state index is 0.0332. The maximum Gasteiger partial charge on any atom is 0.251 e. The van der Waals surface area contributed by atoms with E-state index in [0.717, 1.165) is 22.5 Å². The Morgan fingerprint density at radius 1 is 1.47 bits per heavy atom. The number of benzene rings is 1. The quantitative estimate of drug-likeness (QED) is 0.907. The Balaban J connectivity index is 1.85. The van der Waals surface area contributed by atoms with Crippen molar-refractivity contribution in [2.24, 2.45) is 11.8 Å². The molecule has 0 aliphatic heterocycles.